The predicted octanol–water partition coefficient (Wildman–Crippen LogP) is 0.0307. The molecule has 0 aromatic rings. The van der Waals surface area contributed by atoms with Crippen LogP contribution in [0.25, 0.3) is 0 Å². The fourth-order valence-corrected chi connectivity index (χ4v) is 2.41. The van der Waals surface area contributed by atoms with Gasteiger partial charge in [0.05, 0.1) is 0 Å². The number of carbonyl (C=O) groups excluding carboxylic acids is 1. The third-order valence-corrected chi connectivity index (χ3v) is 4.24. The molecule has 1 aliphatic rings. The lowest BCUT2D eigenvalue weighted by molar-refractivity contribution is -0.140. The van der Waals surface area contributed by atoms with Crippen LogP contribution in [0.4, 0.5) is 4.79 Å². The van der Waals surface area contributed by atoms with Gasteiger partial charge in [0.2, 0.25) is 0 Å². The first-order valence-electron chi connectivity index (χ1n) is 7.51. The Hall–Kier alpha value is -1.34. The summed E-state index contributed by atoms with van der Waals surface area (Å²) in [6.07, 6.45) is 0.702. The Balaban J connectivity index is 2.43. The minimum absolute atomic E-state index is 0.100. The molecule has 0 aliphatic carbocycles. The lowest BCUT2D eigenvalue weighted by atomic mass is 9.99. The molecule has 7 heteroatoms. The van der Waals surface area contributed by atoms with Crippen molar-refractivity contribution in [1.82, 2.24) is 20.4 Å². The van der Waals surface area contributed by atoms with E-state index < -0.39 is 18.0 Å². The molecule has 0 bridgehead atoms. The quantitative estimate of drug-likeness (QED) is 0.644. The smallest absolute Gasteiger partial charge is 0.326 e. The van der Waals surface area contributed by atoms with Crippen molar-refractivity contribution < 1.29 is 14.7 Å². The Morgan fingerprint density at radius 3 is 2.57 bits per heavy atom. The monoisotopic (exact) mass is 300 g/mol. The van der Waals surface area contributed by atoms with Crippen molar-refractivity contribution in [3.8, 4) is 0 Å². The molecular formula is C14H28N4O3. The van der Waals surface area contributed by atoms with Crippen molar-refractivity contribution in [2.75, 3.05) is 40.3 Å². The fraction of sp³-hybridized carbons (Fsp3) is 0.857. The summed E-state index contributed by atoms with van der Waals surface area (Å²) in [5.74, 6) is -1.09. The van der Waals surface area contributed by atoms with Crippen LogP contribution in [0.1, 0.15) is 20.3 Å². The highest BCUT2D eigenvalue weighted by atomic mass is 16.4. The van der Waals surface area contributed by atoms with Gasteiger partial charge in [-0.2, -0.15) is 0 Å². The Morgan fingerprint density at radius 1 is 1.33 bits per heavy atom. The maximum Gasteiger partial charge on any atom is 0.326 e. The molecule has 1 aliphatic heterocycles. The maximum absolute atomic E-state index is 11.9. The summed E-state index contributed by atoms with van der Waals surface area (Å²) >= 11 is 0. The number of nitrogens with one attached hydrogen (secondary N) is 2. The average molecular weight is 300 g/mol. The van der Waals surface area contributed by atoms with Crippen LogP contribution in [0.5, 0.6) is 0 Å². The van der Waals surface area contributed by atoms with Crippen molar-refractivity contribution in [2.45, 2.75) is 32.4 Å². The highest BCUT2D eigenvalue weighted by molar-refractivity contribution is 5.82. The summed E-state index contributed by atoms with van der Waals surface area (Å²) in [5.41, 5.74) is 0. The first-order chi connectivity index (χ1) is 9.85. The van der Waals surface area contributed by atoms with Gasteiger partial charge in [0.25, 0.3) is 0 Å². The van der Waals surface area contributed by atoms with Gasteiger partial charge >= 0.3 is 12.0 Å². The zero-order valence-electron chi connectivity index (χ0n) is 13.4. The molecule has 2 unspecified atom stereocenters. The van der Waals surface area contributed by atoms with Crippen LogP contribution in [0, 0.1) is 5.92 Å². The van der Waals surface area contributed by atoms with Crippen LogP contribution in [-0.4, -0.2) is 79.3 Å². The van der Waals surface area contributed by atoms with E-state index in [-0.39, 0.29) is 12.0 Å². The van der Waals surface area contributed by atoms with Gasteiger partial charge in [-0.3, -0.25) is 4.90 Å². The summed E-state index contributed by atoms with van der Waals surface area (Å²) in [5, 5.41) is 14.5. The number of rotatable bonds is 6. The molecule has 0 saturated carbocycles. The van der Waals surface area contributed by atoms with E-state index in [1.807, 2.05) is 20.9 Å². The van der Waals surface area contributed by atoms with Crippen LogP contribution in [0.3, 0.4) is 0 Å². The van der Waals surface area contributed by atoms with Gasteiger partial charge in [-0.25, -0.2) is 9.59 Å². The lowest BCUT2D eigenvalue weighted by Crippen LogP contribution is -2.56. The van der Waals surface area contributed by atoms with E-state index in [2.05, 4.69) is 27.5 Å². The van der Waals surface area contributed by atoms with Crippen molar-refractivity contribution in [3.05, 3.63) is 0 Å². The van der Waals surface area contributed by atoms with Gasteiger partial charge in [-0.05, 0) is 20.0 Å². The van der Waals surface area contributed by atoms with Gasteiger partial charge in [-0.15, -0.1) is 0 Å². The highest BCUT2D eigenvalue weighted by Crippen LogP contribution is 2.08. The number of nitrogens with zero attached hydrogens (tertiary/aromatic N) is 2. The van der Waals surface area contributed by atoms with Crippen LogP contribution < -0.4 is 10.6 Å². The van der Waals surface area contributed by atoms with E-state index in [0.29, 0.717) is 13.0 Å². The van der Waals surface area contributed by atoms with E-state index in [1.165, 1.54) is 0 Å². The van der Waals surface area contributed by atoms with E-state index >= 15 is 0 Å². The summed E-state index contributed by atoms with van der Waals surface area (Å²) in [6, 6.07) is -1.01. The van der Waals surface area contributed by atoms with E-state index in [0.717, 1.165) is 19.6 Å². The Labute approximate surface area is 126 Å². The molecule has 3 atom stereocenters. The Kier molecular flexibility index (Phi) is 6.91. The largest absolute Gasteiger partial charge is 0.480 e. The van der Waals surface area contributed by atoms with E-state index in [1.54, 1.807) is 0 Å². The number of aliphatic carboxylic acids is 1. The number of hydrogen-bond donors (Lipinski definition) is 3. The number of likely N-dealkylation sites (N-methyl/N-ethyl adjacent to an activating group) is 2. The molecule has 3 N–H and O–H groups in total. The van der Waals surface area contributed by atoms with Gasteiger partial charge in [0.15, 0.2) is 0 Å². The zero-order valence-corrected chi connectivity index (χ0v) is 13.4. The van der Waals surface area contributed by atoms with Gasteiger partial charge in [0.1, 0.15) is 6.04 Å². The normalized spacial score (nSPS) is 23.3. The SMILES string of the molecule is CCC(C)[C@H](NC(=O)NCC1CN(C)CCN1C)C(=O)O. The van der Waals surface area contributed by atoms with Gasteiger partial charge in [0, 0.05) is 32.2 Å². The fourth-order valence-electron chi connectivity index (χ4n) is 2.41. The third kappa shape index (κ3) is 5.51. The minimum Gasteiger partial charge on any atom is -0.480 e. The first kappa shape index (κ1) is 17.7. The number of carboxylic acid groups (broad SMARTS) is 1. The highest BCUT2D eigenvalue weighted by Gasteiger charge is 2.26. The topological polar surface area (TPSA) is 84.9 Å². The van der Waals surface area contributed by atoms with Gasteiger partial charge in [-0.1, -0.05) is 20.3 Å². The van der Waals surface area contributed by atoms with E-state index in [4.69, 9.17) is 5.11 Å². The second kappa shape index (κ2) is 8.19. The number of carboxylic acids is 1. The van der Waals surface area contributed by atoms with Crippen molar-refractivity contribution in [1.29, 1.82) is 0 Å². The Bertz CT molecular complexity index is 364. The lowest BCUT2D eigenvalue weighted by Gasteiger charge is -2.37. The molecule has 7 nitrogen and oxygen atoms in total. The van der Waals surface area contributed by atoms with Crippen LogP contribution in [0.15, 0.2) is 0 Å². The molecule has 1 rings (SSSR count). The summed E-state index contributed by atoms with van der Waals surface area (Å²) in [4.78, 5) is 27.5. The first-order valence-corrected chi connectivity index (χ1v) is 7.51. The number of piperazine rings is 1. The molecule has 122 valence electrons. The van der Waals surface area contributed by atoms with Crippen LogP contribution >= 0.6 is 0 Å². The van der Waals surface area contributed by atoms with Crippen molar-refractivity contribution in [2.24, 2.45) is 5.92 Å². The predicted molar refractivity (Wildman–Crippen MR) is 81.3 cm³/mol. The average Bonchev–Trinajstić information content (AvgIpc) is 2.44. The molecule has 1 heterocycles. The molecule has 2 amide bonds. The minimum atomic E-state index is -0.992. The number of urea groups is 1. The molecular weight excluding hydrogens is 272 g/mol. The second-order valence-electron chi connectivity index (χ2n) is 5.95. The maximum atomic E-state index is 11.9. The number of hydrogen-bond acceptors (Lipinski definition) is 4. The second-order valence-corrected chi connectivity index (χ2v) is 5.95. The molecule has 21 heavy (non-hydrogen) atoms. The summed E-state index contributed by atoms with van der Waals surface area (Å²) in [6.45, 7) is 7.13. The Morgan fingerprint density at radius 2 is 2.00 bits per heavy atom. The molecule has 0 spiro atoms. The molecule has 1 fully saturated rings. The van der Waals surface area contributed by atoms with Crippen LogP contribution in [-0.2, 0) is 4.79 Å². The summed E-state index contributed by atoms with van der Waals surface area (Å²) < 4.78 is 0. The molecule has 1 saturated heterocycles. The van der Waals surface area contributed by atoms with Gasteiger partial charge < -0.3 is 20.6 Å². The number of amides is 2. The zero-order chi connectivity index (χ0) is 16.0. The molecule has 0 radical (unpaired) electrons. The molecule has 0 aromatic carbocycles. The third-order valence-electron chi connectivity index (χ3n) is 4.24. The number of carbonyl (C=O) groups is 2. The van der Waals surface area contributed by atoms with Crippen molar-refractivity contribution in [3.63, 3.8) is 0 Å². The molecule has 0 aromatic heterocycles. The van der Waals surface area contributed by atoms with E-state index in [9.17, 15) is 9.59 Å². The summed E-state index contributed by atoms with van der Waals surface area (Å²) in [7, 11) is 4.10. The standard InChI is InChI=1S/C14H28N4O3/c1-5-10(2)12(13(19)20)16-14(21)15-8-11-9-17(3)6-7-18(11)4/h10-12H,5-9H2,1-4H3,(H,19,20)(H2,15,16,21)/t10?,11?,12-/m0/s1. The van der Waals surface area contributed by atoms with Crippen LogP contribution in [0.2, 0.25) is 0 Å². The van der Waals surface area contributed by atoms with Crippen molar-refractivity contribution >= 4 is 12.0 Å².